The number of amides is 1. The maximum Gasteiger partial charge on any atom is 0.352 e. The number of rotatable bonds is 9. The number of carboxylic acids is 1. The van der Waals surface area contributed by atoms with E-state index in [-0.39, 0.29) is 54.3 Å². The molecule has 5 rings (SSSR count). The largest absolute Gasteiger partial charge is 0.477 e. The van der Waals surface area contributed by atoms with Gasteiger partial charge in [-0.05, 0) is 105 Å². The summed E-state index contributed by atoms with van der Waals surface area (Å²) in [7, 11) is 1.76. The van der Waals surface area contributed by atoms with Crippen molar-refractivity contribution in [2.24, 2.45) is 29.6 Å². The molecule has 3 aliphatic rings. The number of nitrogens with zero attached hydrogens (tertiary/aromatic N) is 1. The van der Waals surface area contributed by atoms with Crippen LogP contribution in [0.4, 0.5) is 4.39 Å². The van der Waals surface area contributed by atoms with E-state index in [2.05, 4.69) is 4.98 Å². The third-order valence-corrected chi connectivity index (χ3v) is 10.2. The van der Waals surface area contributed by atoms with Crippen LogP contribution in [0.3, 0.4) is 0 Å². The number of ether oxygens (including phenoxy) is 1. The summed E-state index contributed by atoms with van der Waals surface area (Å²) in [5.41, 5.74) is 1.67. The number of benzene rings is 1. The summed E-state index contributed by atoms with van der Waals surface area (Å²) in [6, 6.07) is 6.73. The van der Waals surface area contributed by atoms with Crippen molar-refractivity contribution >= 4 is 28.6 Å². The molecular formula is C32H43FN2O5. The highest BCUT2D eigenvalue weighted by Crippen LogP contribution is 2.42. The minimum atomic E-state index is -1.02. The molecule has 40 heavy (non-hydrogen) atoms. The summed E-state index contributed by atoms with van der Waals surface area (Å²) in [5, 5.41) is 10.1. The number of aromatic nitrogens is 1. The standard InChI is InChI=1S/C32H43FN2O5/c1-19(18-33)21-4-6-23(7-5-21)31(37)35-14-13-26(22-8-10-25(40-2)11-9-22)30(35)29(36)16-20-3-12-27-24(15-20)17-28(34-27)32(38)39/h3,12,15,17,19,21-23,25-26,30,34H,4-11,13-14,16,18H2,1-2H3,(H,38,39)/t19-,21?,22?,23?,25?,26+,30+/m1/s1. The van der Waals surface area contributed by atoms with Crippen LogP contribution in [-0.4, -0.2) is 65.1 Å². The Morgan fingerprint density at radius 3 is 2.42 bits per heavy atom. The van der Waals surface area contributed by atoms with E-state index in [1.54, 1.807) is 13.2 Å². The molecule has 1 aromatic heterocycles. The second-order valence-corrected chi connectivity index (χ2v) is 12.5. The molecular weight excluding hydrogens is 511 g/mol. The molecule has 218 valence electrons. The lowest BCUT2D eigenvalue weighted by atomic mass is 9.74. The van der Waals surface area contributed by atoms with Gasteiger partial charge in [0.25, 0.3) is 0 Å². The molecule has 1 aliphatic heterocycles. The van der Waals surface area contributed by atoms with E-state index in [0.29, 0.717) is 18.4 Å². The topological polar surface area (TPSA) is 99.7 Å². The fourth-order valence-corrected chi connectivity index (χ4v) is 7.73. The Labute approximate surface area is 235 Å². The summed E-state index contributed by atoms with van der Waals surface area (Å²) in [5.74, 6) is -0.0364. The predicted molar refractivity (Wildman–Crippen MR) is 151 cm³/mol. The highest BCUT2D eigenvalue weighted by molar-refractivity contribution is 5.95. The number of ketones is 1. The fourth-order valence-electron chi connectivity index (χ4n) is 7.73. The van der Waals surface area contributed by atoms with Gasteiger partial charge in [-0.25, -0.2) is 4.79 Å². The van der Waals surface area contributed by atoms with Gasteiger partial charge in [-0.3, -0.25) is 14.0 Å². The zero-order valence-electron chi connectivity index (χ0n) is 23.7. The Hall–Kier alpha value is -2.74. The van der Waals surface area contributed by atoms with Crippen molar-refractivity contribution in [3.8, 4) is 0 Å². The van der Waals surface area contributed by atoms with Crippen molar-refractivity contribution in [2.75, 3.05) is 20.3 Å². The van der Waals surface area contributed by atoms with Crippen molar-refractivity contribution in [1.29, 1.82) is 0 Å². The van der Waals surface area contributed by atoms with E-state index in [9.17, 15) is 23.9 Å². The lowest BCUT2D eigenvalue weighted by Gasteiger charge is -2.37. The normalized spacial score (nSPS) is 29.9. The number of halogens is 1. The van der Waals surface area contributed by atoms with Gasteiger partial charge in [-0.2, -0.15) is 0 Å². The maximum atomic E-state index is 14.1. The number of carbonyl (C=O) groups is 3. The molecule has 2 aliphatic carbocycles. The summed E-state index contributed by atoms with van der Waals surface area (Å²) in [6.45, 7) is 2.26. The Kier molecular flexibility index (Phi) is 8.93. The molecule has 0 bridgehead atoms. The average Bonchev–Trinajstić information content (AvgIpc) is 3.61. The second kappa shape index (κ2) is 12.4. The number of Topliss-reactive ketones (excluding diaryl/α,β-unsaturated/α-hetero) is 1. The number of carboxylic acid groups (broad SMARTS) is 1. The smallest absolute Gasteiger partial charge is 0.352 e. The second-order valence-electron chi connectivity index (χ2n) is 12.5. The Bertz CT molecular complexity index is 1210. The van der Waals surface area contributed by atoms with E-state index in [1.165, 1.54) is 0 Å². The van der Waals surface area contributed by atoms with E-state index < -0.39 is 12.0 Å². The van der Waals surface area contributed by atoms with Crippen LogP contribution in [0.25, 0.3) is 10.9 Å². The summed E-state index contributed by atoms with van der Waals surface area (Å²) in [6.07, 6.45) is 8.59. The van der Waals surface area contributed by atoms with Gasteiger partial charge < -0.3 is 19.7 Å². The van der Waals surface area contributed by atoms with E-state index in [4.69, 9.17) is 4.74 Å². The lowest BCUT2D eigenvalue weighted by Crippen LogP contribution is -2.48. The number of aromatic carboxylic acids is 1. The van der Waals surface area contributed by atoms with Gasteiger partial charge in [0.15, 0.2) is 5.78 Å². The number of carbonyl (C=O) groups excluding carboxylic acids is 2. The molecule has 7 nitrogen and oxygen atoms in total. The zero-order chi connectivity index (χ0) is 28.4. The minimum absolute atomic E-state index is 0.0349. The number of hydrogen-bond donors (Lipinski definition) is 2. The Morgan fingerprint density at radius 1 is 1.05 bits per heavy atom. The highest BCUT2D eigenvalue weighted by atomic mass is 19.1. The van der Waals surface area contributed by atoms with Crippen LogP contribution < -0.4 is 0 Å². The monoisotopic (exact) mass is 554 g/mol. The molecule has 2 aromatic rings. The lowest BCUT2D eigenvalue weighted by molar-refractivity contribution is -0.143. The van der Waals surface area contributed by atoms with Gasteiger partial charge in [-0.1, -0.05) is 13.0 Å². The van der Waals surface area contributed by atoms with Gasteiger partial charge in [0, 0.05) is 36.9 Å². The molecule has 2 N–H and O–H groups in total. The van der Waals surface area contributed by atoms with Gasteiger partial charge in [-0.15, -0.1) is 0 Å². The summed E-state index contributed by atoms with van der Waals surface area (Å²) >= 11 is 0. The maximum absolute atomic E-state index is 14.1. The third-order valence-electron chi connectivity index (χ3n) is 10.2. The third kappa shape index (κ3) is 5.97. The first kappa shape index (κ1) is 28.8. The molecule has 2 saturated carbocycles. The number of aromatic amines is 1. The molecule has 1 aromatic carbocycles. The van der Waals surface area contributed by atoms with Crippen molar-refractivity contribution in [2.45, 2.75) is 83.3 Å². The van der Waals surface area contributed by atoms with Gasteiger partial charge in [0.2, 0.25) is 5.91 Å². The minimum Gasteiger partial charge on any atom is -0.477 e. The van der Waals surface area contributed by atoms with Crippen molar-refractivity contribution < 1.29 is 28.6 Å². The van der Waals surface area contributed by atoms with Crippen LogP contribution in [-0.2, 0) is 20.7 Å². The molecule has 3 fully saturated rings. The number of alkyl halides is 1. The number of fused-ring (bicyclic) bond motifs is 1. The SMILES string of the molecule is COC1CCC([C@@H]2CCN(C(=O)C3CCC([C@H](C)CF)CC3)[C@@H]2C(=O)Cc2ccc3[nH]c(C(=O)O)cc3c2)CC1. The van der Waals surface area contributed by atoms with Crippen LogP contribution in [0, 0.1) is 29.6 Å². The average molecular weight is 555 g/mol. The molecule has 0 spiro atoms. The van der Waals surface area contributed by atoms with E-state index >= 15 is 0 Å². The van der Waals surface area contributed by atoms with Gasteiger partial charge in [0.1, 0.15) is 5.69 Å². The van der Waals surface area contributed by atoms with Crippen LogP contribution >= 0.6 is 0 Å². The first-order chi connectivity index (χ1) is 19.3. The Balaban J connectivity index is 1.34. The number of likely N-dealkylation sites (tertiary alicyclic amines) is 1. The molecule has 2 heterocycles. The van der Waals surface area contributed by atoms with Crippen molar-refractivity contribution in [3.05, 3.63) is 35.5 Å². The number of methoxy groups -OCH3 is 1. The van der Waals surface area contributed by atoms with E-state index in [1.807, 2.05) is 30.0 Å². The molecule has 0 unspecified atom stereocenters. The van der Waals surface area contributed by atoms with Crippen LogP contribution in [0.5, 0.6) is 0 Å². The van der Waals surface area contributed by atoms with Crippen LogP contribution in [0.15, 0.2) is 24.3 Å². The number of hydrogen-bond acceptors (Lipinski definition) is 4. The Morgan fingerprint density at radius 2 is 1.77 bits per heavy atom. The van der Waals surface area contributed by atoms with Crippen molar-refractivity contribution in [3.63, 3.8) is 0 Å². The molecule has 0 radical (unpaired) electrons. The van der Waals surface area contributed by atoms with E-state index in [0.717, 1.165) is 74.3 Å². The highest BCUT2D eigenvalue weighted by Gasteiger charge is 2.47. The number of nitrogens with one attached hydrogen (secondary N) is 1. The summed E-state index contributed by atoms with van der Waals surface area (Å²) in [4.78, 5) is 44.1. The first-order valence-electron chi connectivity index (χ1n) is 15.1. The molecule has 8 heteroatoms. The zero-order valence-corrected chi connectivity index (χ0v) is 23.7. The fraction of sp³-hybridized carbons (Fsp3) is 0.656. The van der Waals surface area contributed by atoms with Crippen molar-refractivity contribution in [1.82, 2.24) is 9.88 Å². The van der Waals surface area contributed by atoms with Gasteiger partial charge in [0.05, 0.1) is 18.8 Å². The first-order valence-corrected chi connectivity index (χ1v) is 15.1. The quantitative estimate of drug-likeness (QED) is 0.407. The molecule has 3 atom stereocenters. The number of H-pyrrole nitrogens is 1. The van der Waals surface area contributed by atoms with Crippen LogP contribution in [0.1, 0.15) is 80.8 Å². The summed E-state index contributed by atoms with van der Waals surface area (Å²) < 4.78 is 18.8. The van der Waals surface area contributed by atoms with Gasteiger partial charge >= 0.3 is 5.97 Å². The van der Waals surface area contributed by atoms with Crippen LogP contribution in [0.2, 0.25) is 0 Å². The molecule has 1 amide bonds. The molecule has 1 saturated heterocycles. The predicted octanol–water partition coefficient (Wildman–Crippen LogP) is 5.81.